The second-order valence-corrected chi connectivity index (χ2v) is 7.70. The molecule has 0 amide bonds. The molecule has 0 aromatic heterocycles. The zero-order valence-corrected chi connectivity index (χ0v) is 14.5. The van der Waals surface area contributed by atoms with Gasteiger partial charge in [0, 0.05) is 11.0 Å². The number of sulfonamides is 1. The average molecular weight is 374 g/mol. The van der Waals surface area contributed by atoms with E-state index in [0.29, 0.717) is 16.8 Å². The van der Waals surface area contributed by atoms with E-state index in [-0.39, 0.29) is 4.90 Å². The van der Waals surface area contributed by atoms with E-state index in [0.717, 1.165) is 19.3 Å². The molecular formula is C15H20BrNO3S. The maximum absolute atomic E-state index is 12.4. The Bertz CT molecular complexity index is 626. The first kappa shape index (κ1) is 16.5. The summed E-state index contributed by atoms with van der Waals surface area (Å²) in [5, 5.41) is 0. The van der Waals surface area contributed by atoms with Crippen LogP contribution < -0.4 is 9.46 Å². The van der Waals surface area contributed by atoms with Gasteiger partial charge in [-0.05, 0) is 50.3 Å². The van der Waals surface area contributed by atoms with Crippen LogP contribution >= 0.6 is 15.9 Å². The van der Waals surface area contributed by atoms with Crippen LogP contribution in [0.25, 0.3) is 0 Å². The summed E-state index contributed by atoms with van der Waals surface area (Å²) >= 11 is 3.29. The molecule has 0 radical (unpaired) electrons. The number of allylic oxidation sites excluding steroid dienone is 1. The molecule has 1 aromatic rings. The van der Waals surface area contributed by atoms with Crippen molar-refractivity contribution >= 4 is 26.0 Å². The minimum Gasteiger partial charge on any atom is -0.495 e. The quantitative estimate of drug-likeness (QED) is 0.774. The molecule has 116 valence electrons. The Morgan fingerprint density at radius 3 is 2.81 bits per heavy atom. The lowest BCUT2D eigenvalue weighted by atomic mass is 9.97. The van der Waals surface area contributed by atoms with E-state index in [1.54, 1.807) is 18.2 Å². The zero-order valence-electron chi connectivity index (χ0n) is 12.1. The van der Waals surface area contributed by atoms with Crippen molar-refractivity contribution in [3.63, 3.8) is 0 Å². The predicted octanol–water partition coefficient (Wildman–Crippen LogP) is 3.63. The fraction of sp³-hybridized carbons (Fsp3) is 0.467. The molecule has 1 aliphatic rings. The molecule has 0 unspecified atom stereocenters. The van der Waals surface area contributed by atoms with E-state index in [1.807, 2.05) is 0 Å². The zero-order chi connectivity index (χ0) is 15.3. The number of ether oxygens (including phenoxy) is 1. The van der Waals surface area contributed by atoms with Gasteiger partial charge in [-0.2, -0.15) is 0 Å². The number of benzene rings is 1. The highest BCUT2D eigenvalue weighted by atomic mass is 79.9. The molecule has 0 spiro atoms. The van der Waals surface area contributed by atoms with Crippen LogP contribution in [0.1, 0.15) is 32.1 Å². The largest absolute Gasteiger partial charge is 0.495 e. The Hall–Kier alpha value is -0.850. The number of hydrogen-bond acceptors (Lipinski definition) is 3. The van der Waals surface area contributed by atoms with E-state index >= 15 is 0 Å². The smallest absolute Gasteiger partial charge is 0.244 e. The average Bonchev–Trinajstić information content (AvgIpc) is 2.48. The Morgan fingerprint density at radius 2 is 2.14 bits per heavy atom. The Kier molecular flexibility index (Phi) is 5.84. The number of rotatable bonds is 6. The van der Waals surface area contributed by atoms with E-state index < -0.39 is 10.0 Å². The summed E-state index contributed by atoms with van der Waals surface area (Å²) in [6, 6.07) is 4.95. The SMILES string of the molecule is COc1ccc(Br)cc1S(=O)(=O)NCCC1=CCCCC1. The van der Waals surface area contributed by atoms with Crippen molar-refractivity contribution in [1.29, 1.82) is 0 Å². The minimum atomic E-state index is -3.56. The topological polar surface area (TPSA) is 55.4 Å². The molecule has 21 heavy (non-hydrogen) atoms. The van der Waals surface area contributed by atoms with Gasteiger partial charge in [0.15, 0.2) is 0 Å². The Labute approximate surface area is 134 Å². The molecule has 0 saturated heterocycles. The van der Waals surface area contributed by atoms with Crippen LogP contribution in [0, 0.1) is 0 Å². The second kappa shape index (κ2) is 7.42. The molecule has 0 aliphatic heterocycles. The van der Waals surface area contributed by atoms with Crippen molar-refractivity contribution < 1.29 is 13.2 Å². The summed E-state index contributed by atoms with van der Waals surface area (Å²) in [5.74, 6) is 0.350. The number of halogens is 1. The van der Waals surface area contributed by atoms with Crippen molar-refractivity contribution in [1.82, 2.24) is 4.72 Å². The van der Waals surface area contributed by atoms with Crippen LogP contribution in [-0.2, 0) is 10.0 Å². The molecule has 6 heteroatoms. The normalized spacial score (nSPS) is 15.6. The van der Waals surface area contributed by atoms with E-state index in [1.165, 1.54) is 25.5 Å². The summed E-state index contributed by atoms with van der Waals surface area (Å²) in [4.78, 5) is 0.164. The highest BCUT2D eigenvalue weighted by Crippen LogP contribution is 2.27. The van der Waals surface area contributed by atoms with Crippen LogP contribution in [0.15, 0.2) is 39.2 Å². The summed E-state index contributed by atoms with van der Waals surface area (Å²) in [6.45, 7) is 0.420. The van der Waals surface area contributed by atoms with Crippen LogP contribution in [0.3, 0.4) is 0 Å². The van der Waals surface area contributed by atoms with Crippen LogP contribution in [0.4, 0.5) is 0 Å². The van der Waals surface area contributed by atoms with Crippen molar-refractivity contribution in [2.24, 2.45) is 0 Å². The molecule has 0 fully saturated rings. The van der Waals surface area contributed by atoms with Crippen LogP contribution in [-0.4, -0.2) is 22.1 Å². The first-order valence-electron chi connectivity index (χ1n) is 7.04. The number of hydrogen-bond donors (Lipinski definition) is 1. The first-order chi connectivity index (χ1) is 10.0. The molecule has 2 rings (SSSR count). The number of nitrogens with one attached hydrogen (secondary N) is 1. The summed E-state index contributed by atoms with van der Waals surface area (Å²) in [6.07, 6.45) is 7.65. The molecule has 1 aliphatic carbocycles. The number of methoxy groups -OCH3 is 1. The van der Waals surface area contributed by atoms with Crippen molar-refractivity contribution in [3.8, 4) is 5.75 Å². The van der Waals surface area contributed by atoms with Gasteiger partial charge in [0.25, 0.3) is 0 Å². The van der Waals surface area contributed by atoms with Gasteiger partial charge >= 0.3 is 0 Å². The lowest BCUT2D eigenvalue weighted by Crippen LogP contribution is -2.25. The van der Waals surface area contributed by atoms with Crippen molar-refractivity contribution in [2.75, 3.05) is 13.7 Å². The van der Waals surface area contributed by atoms with Gasteiger partial charge in [-0.25, -0.2) is 13.1 Å². The predicted molar refractivity (Wildman–Crippen MR) is 87.1 cm³/mol. The van der Waals surface area contributed by atoms with Crippen LogP contribution in [0.2, 0.25) is 0 Å². The standard InChI is InChI=1S/C15H20BrNO3S/c1-20-14-8-7-13(16)11-15(14)21(18,19)17-10-9-12-5-3-2-4-6-12/h5,7-8,11,17H,2-4,6,9-10H2,1H3. The van der Waals surface area contributed by atoms with Gasteiger partial charge in [-0.1, -0.05) is 27.6 Å². The van der Waals surface area contributed by atoms with Gasteiger partial charge in [-0.15, -0.1) is 0 Å². The molecule has 0 bridgehead atoms. The maximum atomic E-state index is 12.4. The fourth-order valence-corrected chi connectivity index (χ4v) is 4.15. The second-order valence-electron chi connectivity index (χ2n) is 5.05. The monoisotopic (exact) mass is 373 g/mol. The van der Waals surface area contributed by atoms with Crippen molar-refractivity contribution in [2.45, 2.75) is 37.0 Å². The third kappa shape index (κ3) is 4.56. The maximum Gasteiger partial charge on any atom is 0.244 e. The van der Waals surface area contributed by atoms with Gasteiger partial charge in [0.2, 0.25) is 10.0 Å². The van der Waals surface area contributed by atoms with Gasteiger partial charge < -0.3 is 4.74 Å². The van der Waals surface area contributed by atoms with Crippen LogP contribution in [0.5, 0.6) is 5.75 Å². The minimum absolute atomic E-state index is 0.164. The molecule has 0 saturated carbocycles. The van der Waals surface area contributed by atoms with Gasteiger partial charge in [-0.3, -0.25) is 0 Å². The van der Waals surface area contributed by atoms with Gasteiger partial charge in [0.1, 0.15) is 10.6 Å². The summed E-state index contributed by atoms with van der Waals surface area (Å²) < 4.78 is 33.2. The molecule has 4 nitrogen and oxygen atoms in total. The first-order valence-corrected chi connectivity index (χ1v) is 9.31. The Morgan fingerprint density at radius 1 is 1.33 bits per heavy atom. The summed E-state index contributed by atoms with van der Waals surface area (Å²) in [5.41, 5.74) is 1.35. The lowest BCUT2D eigenvalue weighted by Gasteiger charge is -2.14. The van der Waals surface area contributed by atoms with Gasteiger partial charge in [0.05, 0.1) is 7.11 Å². The summed E-state index contributed by atoms with van der Waals surface area (Å²) in [7, 11) is -2.09. The highest BCUT2D eigenvalue weighted by Gasteiger charge is 2.19. The molecule has 0 atom stereocenters. The Balaban J connectivity index is 2.04. The molecule has 0 heterocycles. The molecule has 1 N–H and O–H groups in total. The lowest BCUT2D eigenvalue weighted by molar-refractivity contribution is 0.402. The van der Waals surface area contributed by atoms with E-state index in [2.05, 4.69) is 26.7 Å². The fourth-order valence-electron chi connectivity index (χ4n) is 2.42. The third-order valence-electron chi connectivity index (χ3n) is 3.54. The van der Waals surface area contributed by atoms with E-state index in [9.17, 15) is 8.42 Å². The third-order valence-corrected chi connectivity index (χ3v) is 5.51. The van der Waals surface area contributed by atoms with E-state index in [4.69, 9.17) is 4.74 Å². The highest BCUT2D eigenvalue weighted by molar-refractivity contribution is 9.10. The van der Waals surface area contributed by atoms with Crippen molar-refractivity contribution in [3.05, 3.63) is 34.3 Å². The molecular weight excluding hydrogens is 354 g/mol. The molecule has 1 aromatic carbocycles.